The van der Waals surface area contributed by atoms with Crippen LogP contribution in [-0.2, 0) is 16.1 Å². The van der Waals surface area contributed by atoms with E-state index in [2.05, 4.69) is 6.92 Å². The number of amides is 2. The maximum atomic E-state index is 13.4. The number of Topliss-reactive ketones (excluding diaryl/α,β-unsaturated/α-hetero) is 1. The summed E-state index contributed by atoms with van der Waals surface area (Å²) >= 11 is 0. The largest absolute Gasteiger partial charge is 0.341 e. The predicted octanol–water partition coefficient (Wildman–Crippen LogP) is 4.67. The number of ketones is 1. The van der Waals surface area contributed by atoms with Crippen molar-refractivity contribution in [2.45, 2.75) is 45.6 Å². The van der Waals surface area contributed by atoms with Crippen LogP contribution in [0.2, 0.25) is 0 Å². The molecule has 0 N–H and O–H groups in total. The summed E-state index contributed by atoms with van der Waals surface area (Å²) in [7, 11) is 0. The second kappa shape index (κ2) is 10.5. The molecule has 0 atom stereocenters. The van der Waals surface area contributed by atoms with Crippen LogP contribution in [0.25, 0.3) is 10.9 Å². The van der Waals surface area contributed by atoms with Crippen molar-refractivity contribution in [3.63, 3.8) is 0 Å². The lowest BCUT2D eigenvalue weighted by Gasteiger charge is -2.27. The minimum Gasteiger partial charge on any atom is -0.341 e. The van der Waals surface area contributed by atoms with E-state index in [4.69, 9.17) is 0 Å². The molecular weight excluding hydrogens is 414 g/mol. The summed E-state index contributed by atoms with van der Waals surface area (Å²) in [5.41, 5.74) is 1.85. The fraction of sp³-hybridized carbons (Fsp3) is 0.370. The van der Waals surface area contributed by atoms with E-state index in [1.54, 1.807) is 11.1 Å². The van der Waals surface area contributed by atoms with Gasteiger partial charge in [0.2, 0.25) is 5.91 Å². The van der Waals surface area contributed by atoms with Gasteiger partial charge in [-0.25, -0.2) is 0 Å². The van der Waals surface area contributed by atoms with E-state index in [-0.39, 0.29) is 12.5 Å². The lowest BCUT2D eigenvalue weighted by atomic mass is 10.1. The zero-order chi connectivity index (χ0) is 23.2. The quantitative estimate of drug-likeness (QED) is 0.374. The number of carbonyl (C=O) groups is 3. The first kappa shape index (κ1) is 22.8. The smallest absolute Gasteiger partial charge is 0.299 e. The SMILES string of the molecule is CCCCN(C(=O)C(=O)c1cn(CC(=O)N2CCCCC2)c2ccccc12)c1ccccc1. The zero-order valence-corrected chi connectivity index (χ0v) is 19.2. The first-order chi connectivity index (χ1) is 16.1. The number of hydrogen-bond donors (Lipinski definition) is 0. The molecule has 2 aromatic carbocycles. The molecule has 33 heavy (non-hydrogen) atoms. The minimum absolute atomic E-state index is 0.0506. The summed E-state index contributed by atoms with van der Waals surface area (Å²) < 4.78 is 1.81. The lowest BCUT2D eigenvalue weighted by Crippen LogP contribution is -2.38. The van der Waals surface area contributed by atoms with Gasteiger partial charge in [0, 0.05) is 42.4 Å². The van der Waals surface area contributed by atoms with Crippen LogP contribution in [-0.4, -0.2) is 46.7 Å². The number of likely N-dealkylation sites (tertiary alicyclic amines) is 1. The molecule has 0 unspecified atom stereocenters. The van der Waals surface area contributed by atoms with Gasteiger partial charge in [0.15, 0.2) is 0 Å². The molecule has 172 valence electrons. The van der Waals surface area contributed by atoms with Gasteiger partial charge in [0.25, 0.3) is 11.7 Å². The van der Waals surface area contributed by atoms with Gasteiger partial charge in [0.05, 0.1) is 5.56 Å². The molecule has 6 nitrogen and oxygen atoms in total. The summed E-state index contributed by atoms with van der Waals surface area (Å²) in [6.45, 7) is 4.28. The maximum absolute atomic E-state index is 13.4. The van der Waals surface area contributed by atoms with Crippen LogP contribution in [0.5, 0.6) is 0 Å². The van der Waals surface area contributed by atoms with Crippen molar-refractivity contribution in [3.05, 3.63) is 66.4 Å². The molecule has 4 rings (SSSR count). The Labute approximate surface area is 194 Å². The second-order valence-corrected chi connectivity index (χ2v) is 8.60. The van der Waals surface area contributed by atoms with Crippen LogP contribution in [0.1, 0.15) is 49.4 Å². The Morgan fingerprint density at radius 1 is 0.909 bits per heavy atom. The molecule has 1 saturated heterocycles. The van der Waals surface area contributed by atoms with E-state index >= 15 is 0 Å². The summed E-state index contributed by atoms with van der Waals surface area (Å²) in [5.74, 6) is -1.04. The van der Waals surface area contributed by atoms with Gasteiger partial charge < -0.3 is 14.4 Å². The molecule has 0 aliphatic carbocycles. The number of benzene rings is 2. The van der Waals surface area contributed by atoms with Crippen LogP contribution in [0, 0.1) is 0 Å². The van der Waals surface area contributed by atoms with Crippen molar-refractivity contribution < 1.29 is 14.4 Å². The van der Waals surface area contributed by atoms with E-state index in [9.17, 15) is 14.4 Å². The van der Waals surface area contributed by atoms with Crippen LogP contribution < -0.4 is 4.90 Å². The monoisotopic (exact) mass is 445 g/mol. The average Bonchev–Trinajstić information content (AvgIpc) is 3.23. The van der Waals surface area contributed by atoms with Crippen molar-refractivity contribution in [2.75, 3.05) is 24.5 Å². The molecule has 2 heterocycles. The predicted molar refractivity (Wildman–Crippen MR) is 130 cm³/mol. The van der Waals surface area contributed by atoms with E-state index < -0.39 is 11.7 Å². The number of piperidine rings is 1. The van der Waals surface area contributed by atoms with Gasteiger partial charge in [-0.15, -0.1) is 0 Å². The van der Waals surface area contributed by atoms with E-state index in [0.29, 0.717) is 23.2 Å². The van der Waals surface area contributed by atoms with Crippen molar-refractivity contribution in [2.24, 2.45) is 0 Å². The molecule has 3 aromatic rings. The van der Waals surface area contributed by atoms with Crippen LogP contribution in [0.4, 0.5) is 5.69 Å². The molecule has 0 spiro atoms. The molecule has 1 aliphatic rings. The Morgan fingerprint density at radius 2 is 1.61 bits per heavy atom. The topological polar surface area (TPSA) is 62.6 Å². The first-order valence-corrected chi connectivity index (χ1v) is 11.9. The number of hydrogen-bond acceptors (Lipinski definition) is 3. The number of aromatic nitrogens is 1. The van der Waals surface area contributed by atoms with Gasteiger partial charge in [-0.05, 0) is 43.9 Å². The molecule has 0 bridgehead atoms. The highest BCUT2D eigenvalue weighted by Gasteiger charge is 2.28. The van der Waals surface area contributed by atoms with E-state index in [0.717, 1.165) is 50.7 Å². The van der Waals surface area contributed by atoms with Gasteiger partial charge in [-0.3, -0.25) is 14.4 Å². The van der Waals surface area contributed by atoms with Gasteiger partial charge in [-0.1, -0.05) is 49.7 Å². The summed E-state index contributed by atoms with van der Waals surface area (Å²) in [4.78, 5) is 43.1. The van der Waals surface area contributed by atoms with Crippen molar-refractivity contribution in [3.8, 4) is 0 Å². The van der Waals surface area contributed by atoms with Crippen molar-refractivity contribution in [1.29, 1.82) is 0 Å². The Bertz CT molecular complexity index is 1130. The highest BCUT2D eigenvalue weighted by atomic mass is 16.2. The molecule has 1 fully saturated rings. The number of para-hydroxylation sites is 2. The molecule has 6 heteroatoms. The lowest BCUT2D eigenvalue weighted by molar-refractivity contribution is -0.132. The molecule has 0 radical (unpaired) electrons. The summed E-state index contributed by atoms with van der Waals surface area (Å²) in [5, 5.41) is 0.700. The third kappa shape index (κ3) is 5.00. The Morgan fingerprint density at radius 3 is 2.33 bits per heavy atom. The van der Waals surface area contributed by atoms with Gasteiger partial charge in [0.1, 0.15) is 6.54 Å². The molecule has 1 aliphatic heterocycles. The third-order valence-electron chi connectivity index (χ3n) is 6.29. The molecular formula is C27H31N3O3. The second-order valence-electron chi connectivity index (χ2n) is 8.60. The average molecular weight is 446 g/mol. The number of unbranched alkanes of at least 4 members (excludes halogenated alkanes) is 1. The van der Waals surface area contributed by atoms with Crippen LogP contribution in [0.3, 0.4) is 0 Å². The Kier molecular flexibility index (Phi) is 7.23. The van der Waals surface area contributed by atoms with Crippen molar-refractivity contribution >= 4 is 34.2 Å². The standard InChI is InChI=1S/C27H31N3O3/c1-2-3-18-30(21-12-6-4-7-13-21)27(33)26(32)23-19-29(24-15-9-8-14-22(23)24)20-25(31)28-16-10-5-11-17-28/h4,6-9,12-15,19H,2-3,5,10-11,16-18,20H2,1H3. The molecule has 0 saturated carbocycles. The molecule has 1 aromatic heterocycles. The highest BCUT2D eigenvalue weighted by molar-refractivity contribution is 6.48. The Hall–Kier alpha value is -3.41. The normalized spacial score (nSPS) is 13.8. The third-order valence-corrected chi connectivity index (χ3v) is 6.29. The molecule has 2 amide bonds. The highest BCUT2D eigenvalue weighted by Crippen LogP contribution is 2.24. The number of nitrogens with zero attached hydrogens (tertiary/aromatic N) is 3. The first-order valence-electron chi connectivity index (χ1n) is 11.9. The maximum Gasteiger partial charge on any atom is 0.299 e. The van der Waals surface area contributed by atoms with Crippen molar-refractivity contribution in [1.82, 2.24) is 9.47 Å². The fourth-order valence-corrected chi connectivity index (χ4v) is 4.46. The van der Waals surface area contributed by atoms with E-state index in [1.165, 1.54) is 0 Å². The Balaban J connectivity index is 1.63. The van der Waals surface area contributed by atoms with Gasteiger partial charge >= 0.3 is 0 Å². The number of carbonyl (C=O) groups excluding carboxylic acids is 3. The fourth-order valence-electron chi connectivity index (χ4n) is 4.46. The number of fused-ring (bicyclic) bond motifs is 1. The summed E-state index contributed by atoms with van der Waals surface area (Å²) in [6.07, 6.45) is 6.62. The summed E-state index contributed by atoms with van der Waals surface area (Å²) in [6, 6.07) is 16.8. The zero-order valence-electron chi connectivity index (χ0n) is 19.2. The number of anilines is 1. The number of rotatable bonds is 8. The van der Waals surface area contributed by atoms with Crippen LogP contribution in [0.15, 0.2) is 60.8 Å². The van der Waals surface area contributed by atoms with Gasteiger partial charge in [-0.2, -0.15) is 0 Å². The van der Waals surface area contributed by atoms with Crippen LogP contribution >= 0.6 is 0 Å². The van der Waals surface area contributed by atoms with E-state index in [1.807, 2.05) is 64.1 Å². The minimum atomic E-state index is -0.546.